The fraction of sp³-hybridized carbons (Fsp3) is 0.160. The van der Waals surface area contributed by atoms with Crippen molar-refractivity contribution in [3.8, 4) is 48.5 Å². The monoisotopic (exact) mass is 792 g/mol. The molecular weight excluding hydrogens is 753 g/mol. The minimum Gasteiger partial charge on any atom is -0.477 e. The molecule has 3 heterocycles. The number of benzene rings is 5. The number of thiophene rings is 2. The Labute approximate surface area is 342 Å². The van der Waals surface area contributed by atoms with Crippen LogP contribution >= 0.6 is 22.7 Å². The van der Waals surface area contributed by atoms with E-state index < -0.39 is 14.0 Å². The molecule has 0 bridgehead atoms. The number of fused-ring (bicyclic) bond motifs is 9. The predicted molar refractivity (Wildman–Crippen MR) is 241 cm³/mol. The van der Waals surface area contributed by atoms with Crippen molar-refractivity contribution in [2.24, 2.45) is 0 Å². The van der Waals surface area contributed by atoms with Gasteiger partial charge in [0.1, 0.15) is 19.7 Å². The summed E-state index contributed by atoms with van der Waals surface area (Å²) in [5.74, 6) is -1.19. The summed E-state index contributed by atoms with van der Waals surface area (Å²) < 4.78 is 0. The first-order chi connectivity index (χ1) is 27.3. The molecule has 2 aliphatic carbocycles. The number of carboxylic acid groups (broad SMARTS) is 1. The Balaban J connectivity index is 1.07. The number of rotatable bonds is 6. The second kappa shape index (κ2) is 12.4. The van der Waals surface area contributed by atoms with Gasteiger partial charge in [-0.2, -0.15) is 5.26 Å². The zero-order valence-corrected chi connectivity index (χ0v) is 35.3. The normalized spacial score (nSPS) is 15.8. The van der Waals surface area contributed by atoms with E-state index in [0.29, 0.717) is 0 Å². The van der Waals surface area contributed by atoms with Crippen LogP contribution in [0.5, 0.6) is 0 Å². The Hall–Kier alpha value is -5.78. The highest BCUT2D eigenvalue weighted by Crippen LogP contribution is 2.53. The van der Waals surface area contributed by atoms with Gasteiger partial charge < -0.3 is 10.0 Å². The lowest BCUT2D eigenvalue weighted by Crippen LogP contribution is -2.48. The predicted octanol–water partition coefficient (Wildman–Crippen LogP) is 12.4. The van der Waals surface area contributed by atoms with Gasteiger partial charge in [-0.1, -0.05) is 114 Å². The summed E-state index contributed by atoms with van der Waals surface area (Å²) in [6.07, 6.45) is 1.51. The van der Waals surface area contributed by atoms with E-state index in [-0.39, 0.29) is 16.4 Å². The summed E-state index contributed by atoms with van der Waals surface area (Å²) in [5, 5.41) is 21.6. The van der Waals surface area contributed by atoms with E-state index in [1.54, 1.807) is 11.3 Å². The molecule has 0 amide bonds. The van der Waals surface area contributed by atoms with Gasteiger partial charge in [0.05, 0.1) is 0 Å². The zero-order valence-electron chi connectivity index (χ0n) is 32.7. The van der Waals surface area contributed by atoms with Crippen LogP contribution in [0.2, 0.25) is 13.1 Å². The molecule has 0 unspecified atom stereocenters. The fourth-order valence-corrected chi connectivity index (χ4v) is 16.8. The van der Waals surface area contributed by atoms with Crippen molar-refractivity contribution < 1.29 is 9.90 Å². The first kappa shape index (κ1) is 35.6. The molecule has 4 nitrogen and oxygen atoms in total. The molecule has 10 rings (SSSR count). The lowest BCUT2D eigenvalue weighted by Gasteiger charge is -2.30. The van der Waals surface area contributed by atoms with Crippen molar-refractivity contribution in [2.45, 2.75) is 51.6 Å². The number of nitriles is 1. The molecule has 1 aliphatic heterocycles. The number of anilines is 3. The van der Waals surface area contributed by atoms with Crippen LogP contribution < -0.4 is 15.3 Å². The minimum atomic E-state index is -2.01. The quantitative estimate of drug-likeness (QED) is 0.103. The molecule has 5 aromatic carbocycles. The molecule has 0 fully saturated rings. The number of hydrogen-bond acceptors (Lipinski definition) is 5. The SMILES string of the molecule is CC1(C)c2ccccc2-c2ccc(N(c3ccc(-c4cc5c(s4)-c4sc(/C=C(/C#N)C(=O)O)cc4[Si]5(C)C)cc3)c3ccc4c(c3)C(C)(C)c3ccccc3-4)cc21. The van der Waals surface area contributed by atoms with Crippen molar-refractivity contribution in [1.82, 2.24) is 0 Å². The maximum absolute atomic E-state index is 11.6. The van der Waals surface area contributed by atoms with Crippen LogP contribution in [0.1, 0.15) is 54.8 Å². The number of carboxylic acids is 1. The van der Waals surface area contributed by atoms with Crippen molar-refractivity contribution in [2.75, 3.05) is 4.90 Å². The van der Waals surface area contributed by atoms with Crippen molar-refractivity contribution >= 4 is 70.2 Å². The van der Waals surface area contributed by atoms with Gasteiger partial charge in [0, 0.05) is 47.4 Å². The maximum atomic E-state index is 11.6. The number of carbonyl (C=O) groups is 1. The van der Waals surface area contributed by atoms with Crippen LogP contribution in [0.4, 0.5) is 17.1 Å². The Morgan fingerprint density at radius 3 is 1.68 bits per heavy atom. The molecule has 0 saturated heterocycles. The first-order valence-electron chi connectivity index (χ1n) is 19.3. The Kier molecular flexibility index (Phi) is 7.72. The van der Waals surface area contributed by atoms with Crippen molar-refractivity contribution in [1.29, 1.82) is 5.26 Å². The smallest absolute Gasteiger partial charge is 0.346 e. The molecule has 0 radical (unpaired) electrons. The standard InChI is InChI=1S/C50H40N2O2S2Si/c1-49(2)39-13-9-7-11-35(39)37-21-19-32(24-41(37)49)52(33-20-22-38-36-12-8-10-14-40(36)50(3,4)42(38)25-33)31-17-15-29(16-18-31)43-27-45-47(56-43)46-44(57(45,5)6)26-34(55-46)23-30(28-51)48(53)54/h7-27H,1-6H3,(H,53,54)/b30-23-. The molecule has 1 N–H and O–H groups in total. The highest BCUT2D eigenvalue weighted by molar-refractivity contribution is 7.30. The van der Waals surface area contributed by atoms with Gasteiger partial charge in [-0.3, -0.25) is 0 Å². The summed E-state index contributed by atoms with van der Waals surface area (Å²) in [4.78, 5) is 18.5. The number of hydrogen-bond donors (Lipinski definition) is 1. The molecule has 0 spiro atoms. The lowest BCUT2D eigenvalue weighted by molar-refractivity contribution is -0.132. The average Bonchev–Trinajstić information content (AvgIpc) is 3.98. The first-order valence-corrected chi connectivity index (χ1v) is 24.0. The number of nitrogens with zero attached hydrogens (tertiary/aromatic N) is 2. The van der Waals surface area contributed by atoms with Crippen molar-refractivity contribution in [3.05, 3.63) is 154 Å². The second-order valence-corrected chi connectivity index (χ2v) is 23.5. The Morgan fingerprint density at radius 2 is 1.14 bits per heavy atom. The van der Waals surface area contributed by atoms with Gasteiger partial charge in [0.15, 0.2) is 0 Å². The summed E-state index contributed by atoms with van der Waals surface area (Å²) in [6.45, 7) is 14.1. The summed E-state index contributed by atoms with van der Waals surface area (Å²) in [6, 6.07) is 47.0. The van der Waals surface area contributed by atoms with E-state index in [2.05, 4.69) is 167 Å². The minimum absolute atomic E-state index is 0.122. The Morgan fingerprint density at radius 1 is 0.649 bits per heavy atom. The zero-order chi connectivity index (χ0) is 39.6. The van der Waals surface area contributed by atoms with Crippen LogP contribution in [0, 0.1) is 11.3 Å². The summed E-state index contributed by atoms with van der Waals surface area (Å²) >= 11 is 3.41. The molecule has 57 heavy (non-hydrogen) atoms. The van der Waals surface area contributed by atoms with Gasteiger partial charge in [-0.15, -0.1) is 22.7 Å². The molecule has 278 valence electrons. The van der Waals surface area contributed by atoms with E-state index in [1.807, 2.05) is 17.4 Å². The summed E-state index contributed by atoms with van der Waals surface area (Å²) in [7, 11) is -2.01. The van der Waals surface area contributed by atoms with Crippen molar-refractivity contribution in [3.63, 3.8) is 0 Å². The number of aliphatic carboxylic acids is 1. The molecule has 0 atom stereocenters. The molecule has 7 heteroatoms. The molecule has 7 aromatic rings. The average molecular weight is 793 g/mol. The van der Waals surface area contributed by atoms with E-state index in [0.717, 1.165) is 21.9 Å². The second-order valence-electron chi connectivity index (χ2n) is 17.0. The van der Waals surface area contributed by atoms with E-state index in [1.165, 1.54) is 81.2 Å². The van der Waals surface area contributed by atoms with Crippen LogP contribution in [0.3, 0.4) is 0 Å². The van der Waals surface area contributed by atoms with Gasteiger partial charge >= 0.3 is 5.97 Å². The largest absolute Gasteiger partial charge is 0.477 e. The van der Waals surface area contributed by atoms with Crippen LogP contribution in [-0.4, -0.2) is 19.1 Å². The fourth-order valence-electron chi connectivity index (χ4n) is 9.59. The molecule has 2 aromatic heterocycles. The maximum Gasteiger partial charge on any atom is 0.346 e. The van der Waals surface area contributed by atoms with Gasteiger partial charge in [0.2, 0.25) is 0 Å². The topological polar surface area (TPSA) is 64.3 Å². The van der Waals surface area contributed by atoms with Gasteiger partial charge in [-0.25, -0.2) is 4.79 Å². The van der Waals surface area contributed by atoms with Crippen LogP contribution in [0.15, 0.2) is 127 Å². The molecule has 0 saturated carbocycles. The van der Waals surface area contributed by atoms with E-state index in [4.69, 9.17) is 0 Å². The molecular formula is C50H40N2O2S2Si. The van der Waals surface area contributed by atoms with Gasteiger partial charge in [0.25, 0.3) is 0 Å². The van der Waals surface area contributed by atoms with Crippen LogP contribution in [-0.2, 0) is 15.6 Å². The van der Waals surface area contributed by atoms with Gasteiger partial charge in [-0.05, 0) is 115 Å². The van der Waals surface area contributed by atoms with Crippen LogP contribution in [0.25, 0.3) is 48.5 Å². The summed E-state index contributed by atoms with van der Waals surface area (Å²) in [5.41, 5.74) is 14.7. The molecule has 3 aliphatic rings. The Bertz CT molecular complexity index is 2830. The third-order valence-electron chi connectivity index (χ3n) is 12.7. The third-order valence-corrected chi connectivity index (χ3v) is 19.0. The van der Waals surface area contributed by atoms with E-state index >= 15 is 0 Å². The lowest BCUT2D eigenvalue weighted by atomic mass is 9.82. The van der Waals surface area contributed by atoms with E-state index in [9.17, 15) is 15.2 Å². The third kappa shape index (κ3) is 5.17. The highest BCUT2D eigenvalue weighted by Gasteiger charge is 2.42. The highest BCUT2D eigenvalue weighted by atomic mass is 32.1.